The molecule has 1 saturated heterocycles. The van der Waals surface area contributed by atoms with Crippen LogP contribution >= 0.6 is 11.6 Å². The Labute approximate surface area is 178 Å². The van der Waals surface area contributed by atoms with E-state index in [0.717, 1.165) is 6.42 Å². The minimum atomic E-state index is -0.308. The largest absolute Gasteiger partial charge is 0.474 e. The molecule has 2 amide bonds. The molecule has 1 fully saturated rings. The van der Waals surface area contributed by atoms with E-state index in [9.17, 15) is 9.59 Å². The number of nitrogens with zero attached hydrogens (tertiary/aromatic N) is 3. The van der Waals surface area contributed by atoms with E-state index >= 15 is 0 Å². The van der Waals surface area contributed by atoms with Crippen LogP contribution in [-0.4, -0.2) is 64.1 Å². The van der Waals surface area contributed by atoms with Gasteiger partial charge in [0, 0.05) is 30.4 Å². The van der Waals surface area contributed by atoms with Crippen molar-refractivity contribution < 1.29 is 19.4 Å². The van der Waals surface area contributed by atoms with E-state index in [1.165, 1.54) is 12.3 Å². The first-order valence-corrected chi connectivity index (χ1v) is 9.73. The minimum Gasteiger partial charge on any atom is -0.474 e. The van der Waals surface area contributed by atoms with Gasteiger partial charge in [-0.1, -0.05) is 18.2 Å². The van der Waals surface area contributed by atoms with Gasteiger partial charge in [0.1, 0.15) is 11.6 Å². The van der Waals surface area contributed by atoms with Gasteiger partial charge in [0.25, 0.3) is 5.91 Å². The van der Waals surface area contributed by atoms with Crippen molar-refractivity contribution in [3.8, 4) is 5.88 Å². The molecule has 1 aliphatic heterocycles. The van der Waals surface area contributed by atoms with E-state index < -0.39 is 0 Å². The molecule has 0 spiro atoms. The quantitative estimate of drug-likeness (QED) is 0.547. The summed E-state index contributed by atoms with van der Waals surface area (Å²) >= 11 is 5.99. The molecule has 3 N–H and O–H groups in total. The number of carbonyl (C=O) groups excluding carboxylic acids is 2. The molecule has 0 bridgehead atoms. The van der Waals surface area contributed by atoms with Crippen molar-refractivity contribution >= 4 is 35.1 Å². The summed E-state index contributed by atoms with van der Waals surface area (Å²) in [6, 6.07) is 6.68. The SMILES string of the molecule is C=CC(=O)Nc1ccc(C(=O)N2CC[C@@H](Nc3ncc(Cl)c(OCCO)n3)C2)cc1. The normalized spacial score (nSPS) is 15.5. The van der Waals surface area contributed by atoms with Crippen molar-refractivity contribution in [1.82, 2.24) is 14.9 Å². The number of carbonyl (C=O) groups is 2. The van der Waals surface area contributed by atoms with Crippen LogP contribution in [0.15, 0.2) is 43.1 Å². The van der Waals surface area contributed by atoms with Gasteiger partial charge in [0.05, 0.1) is 12.8 Å². The van der Waals surface area contributed by atoms with Gasteiger partial charge in [-0.3, -0.25) is 9.59 Å². The van der Waals surface area contributed by atoms with Gasteiger partial charge in [-0.25, -0.2) is 4.98 Å². The van der Waals surface area contributed by atoms with E-state index in [-0.39, 0.29) is 42.0 Å². The number of halogens is 1. The van der Waals surface area contributed by atoms with Crippen molar-refractivity contribution in [2.45, 2.75) is 12.5 Å². The second kappa shape index (κ2) is 10.0. The topological polar surface area (TPSA) is 117 Å². The summed E-state index contributed by atoms with van der Waals surface area (Å²) < 4.78 is 5.28. The zero-order valence-electron chi connectivity index (χ0n) is 16.2. The summed E-state index contributed by atoms with van der Waals surface area (Å²) in [6.45, 7) is 4.42. The van der Waals surface area contributed by atoms with Crippen LogP contribution in [0.5, 0.6) is 5.88 Å². The summed E-state index contributed by atoms with van der Waals surface area (Å²) in [6.07, 6.45) is 3.34. The summed E-state index contributed by atoms with van der Waals surface area (Å²) in [4.78, 5) is 34.2. The fourth-order valence-corrected chi connectivity index (χ4v) is 3.13. The molecular formula is C20H22ClN5O4. The molecule has 2 heterocycles. The van der Waals surface area contributed by atoms with Crippen LogP contribution in [0.1, 0.15) is 16.8 Å². The molecule has 1 aromatic carbocycles. The molecule has 10 heteroatoms. The van der Waals surface area contributed by atoms with Gasteiger partial charge in [0.2, 0.25) is 17.7 Å². The van der Waals surface area contributed by atoms with Crippen molar-refractivity contribution in [3.63, 3.8) is 0 Å². The number of aromatic nitrogens is 2. The van der Waals surface area contributed by atoms with Crippen LogP contribution in [0.4, 0.5) is 11.6 Å². The summed E-state index contributed by atoms with van der Waals surface area (Å²) in [5, 5.41) is 15.0. The number of likely N-dealkylation sites (tertiary alicyclic amines) is 1. The minimum absolute atomic E-state index is 0.0213. The van der Waals surface area contributed by atoms with Crippen LogP contribution in [-0.2, 0) is 4.79 Å². The third-order valence-electron chi connectivity index (χ3n) is 4.44. The predicted molar refractivity (Wildman–Crippen MR) is 113 cm³/mol. The molecule has 9 nitrogen and oxygen atoms in total. The molecule has 0 saturated carbocycles. The van der Waals surface area contributed by atoms with Crippen molar-refractivity contribution in [1.29, 1.82) is 0 Å². The van der Waals surface area contributed by atoms with Crippen molar-refractivity contribution in [2.75, 3.05) is 36.9 Å². The fourth-order valence-electron chi connectivity index (χ4n) is 2.98. The molecule has 0 radical (unpaired) electrons. The van der Waals surface area contributed by atoms with E-state index in [2.05, 4.69) is 27.2 Å². The molecule has 3 rings (SSSR count). The Morgan fingerprint density at radius 3 is 2.83 bits per heavy atom. The number of hydrogen-bond donors (Lipinski definition) is 3. The molecule has 0 aliphatic carbocycles. The Balaban J connectivity index is 1.58. The fraction of sp³-hybridized carbons (Fsp3) is 0.300. The number of nitrogens with one attached hydrogen (secondary N) is 2. The standard InChI is InChI=1S/C20H22ClN5O4/c1-2-17(28)23-14-5-3-13(4-6-14)19(29)26-8-7-15(12-26)24-20-22-11-16(21)18(25-20)30-10-9-27/h2-6,11,15,27H,1,7-10,12H2,(H,23,28)(H,22,24,25)/t15-/m1/s1. The monoisotopic (exact) mass is 431 g/mol. The zero-order valence-corrected chi connectivity index (χ0v) is 16.9. The Kier molecular flexibility index (Phi) is 7.21. The van der Waals surface area contributed by atoms with Gasteiger partial charge in [-0.15, -0.1) is 0 Å². The zero-order chi connectivity index (χ0) is 21.5. The number of hydrogen-bond acceptors (Lipinski definition) is 7. The second-order valence-corrected chi connectivity index (χ2v) is 6.98. The second-order valence-electron chi connectivity index (χ2n) is 6.57. The third kappa shape index (κ3) is 5.46. The molecule has 1 atom stereocenters. The van der Waals surface area contributed by atoms with Gasteiger partial charge in [-0.05, 0) is 36.8 Å². The summed E-state index contributed by atoms with van der Waals surface area (Å²) in [5.41, 5.74) is 1.13. The van der Waals surface area contributed by atoms with Crippen molar-refractivity contribution in [2.24, 2.45) is 0 Å². The number of rotatable bonds is 8. The van der Waals surface area contributed by atoms with Crippen LogP contribution in [0.2, 0.25) is 5.02 Å². The molecule has 0 unspecified atom stereocenters. The highest BCUT2D eigenvalue weighted by molar-refractivity contribution is 6.31. The third-order valence-corrected chi connectivity index (χ3v) is 4.69. The Morgan fingerprint density at radius 1 is 1.37 bits per heavy atom. The molecule has 158 valence electrons. The summed E-state index contributed by atoms with van der Waals surface area (Å²) in [5.74, 6) is 0.133. The Bertz CT molecular complexity index is 922. The average molecular weight is 432 g/mol. The highest BCUT2D eigenvalue weighted by Gasteiger charge is 2.27. The highest BCUT2D eigenvalue weighted by Crippen LogP contribution is 2.23. The average Bonchev–Trinajstić information content (AvgIpc) is 3.22. The maximum absolute atomic E-state index is 12.8. The first-order chi connectivity index (χ1) is 14.5. The van der Waals surface area contributed by atoms with Crippen LogP contribution in [0.3, 0.4) is 0 Å². The number of anilines is 2. The van der Waals surface area contributed by atoms with Gasteiger partial charge in [0.15, 0.2) is 0 Å². The maximum atomic E-state index is 12.8. The smallest absolute Gasteiger partial charge is 0.253 e. The first kappa shape index (κ1) is 21.5. The van der Waals surface area contributed by atoms with E-state index in [0.29, 0.717) is 30.3 Å². The molecule has 30 heavy (non-hydrogen) atoms. The van der Waals surface area contributed by atoms with Gasteiger partial charge < -0.3 is 25.4 Å². The number of aliphatic hydroxyl groups is 1. The highest BCUT2D eigenvalue weighted by atomic mass is 35.5. The van der Waals surface area contributed by atoms with E-state index in [4.69, 9.17) is 21.4 Å². The lowest BCUT2D eigenvalue weighted by molar-refractivity contribution is -0.111. The van der Waals surface area contributed by atoms with Crippen LogP contribution < -0.4 is 15.4 Å². The molecule has 2 aromatic rings. The number of aliphatic hydroxyl groups excluding tert-OH is 1. The predicted octanol–water partition coefficient (Wildman–Crippen LogP) is 1.95. The van der Waals surface area contributed by atoms with E-state index in [1.54, 1.807) is 29.2 Å². The van der Waals surface area contributed by atoms with Crippen LogP contribution in [0.25, 0.3) is 0 Å². The Hall–Kier alpha value is -3.17. The lowest BCUT2D eigenvalue weighted by atomic mass is 10.2. The van der Waals surface area contributed by atoms with Crippen LogP contribution in [0, 0.1) is 0 Å². The summed E-state index contributed by atoms with van der Waals surface area (Å²) in [7, 11) is 0. The lowest BCUT2D eigenvalue weighted by Crippen LogP contribution is -2.31. The Morgan fingerprint density at radius 2 is 2.13 bits per heavy atom. The van der Waals surface area contributed by atoms with Gasteiger partial charge >= 0.3 is 0 Å². The van der Waals surface area contributed by atoms with Crippen molar-refractivity contribution in [3.05, 3.63) is 53.7 Å². The van der Waals surface area contributed by atoms with E-state index in [1.807, 2.05) is 0 Å². The van der Waals surface area contributed by atoms with Gasteiger partial charge in [-0.2, -0.15) is 4.98 Å². The number of ether oxygens (including phenoxy) is 1. The number of benzene rings is 1. The first-order valence-electron chi connectivity index (χ1n) is 9.35. The molecule has 1 aliphatic rings. The molecule has 1 aromatic heterocycles. The molecular weight excluding hydrogens is 410 g/mol. The number of amides is 2. The lowest BCUT2D eigenvalue weighted by Gasteiger charge is -2.17. The maximum Gasteiger partial charge on any atom is 0.253 e.